The van der Waals surface area contributed by atoms with E-state index in [0.717, 1.165) is 19.6 Å². The number of amides is 1. The van der Waals surface area contributed by atoms with Crippen LogP contribution in [-0.4, -0.2) is 58.0 Å². The number of carbonyl (C=O) groups excluding carboxylic acids is 2. The number of ether oxygens (including phenoxy) is 1. The van der Waals surface area contributed by atoms with Gasteiger partial charge in [0.05, 0.1) is 31.0 Å². The third kappa shape index (κ3) is 4.67. The molecule has 0 saturated carbocycles. The molecule has 1 aromatic rings. The smallest absolute Gasteiger partial charge is 0.334 e. The Bertz CT molecular complexity index is 812. The SMILES string of the molecule is CC=C(S)C(C(=O)OCc1ccc([N+](=O)[O-])cc1)N1C(=O)CC1[N+](CC)(CC)CC. The number of thiol groups is 1. The number of benzene rings is 1. The Morgan fingerprint density at radius 3 is 2.30 bits per heavy atom. The van der Waals surface area contributed by atoms with E-state index >= 15 is 0 Å². The fourth-order valence-corrected chi connectivity index (χ4v) is 4.20. The van der Waals surface area contributed by atoms with Crippen molar-refractivity contribution in [2.75, 3.05) is 19.6 Å². The number of rotatable bonds is 10. The Balaban J connectivity index is 2.21. The minimum atomic E-state index is -0.898. The van der Waals surface area contributed by atoms with Gasteiger partial charge in [-0.1, -0.05) is 6.08 Å². The average Bonchev–Trinajstić information content (AvgIpc) is 2.76. The average molecular weight is 437 g/mol. The lowest BCUT2D eigenvalue weighted by molar-refractivity contribution is -0.959. The maximum absolute atomic E-state index is 13.0. The molecule has 1 aromatic carbocycles. The molecule has 1 aliphatic rings. The van der Waals surface area contributed by atoms with Crippen molar-refractivity contribution in [2.24, 2.45) is 0 Å². The van der Waals surface area contributed by atoms with Gasteiger partial charge in [-0.3, -0.25) is 19.8 Å². The van der Waals surface area contributed by atoms with Gasteiger partial charge in [-0.05, 0) is 45.4 Å². The number of nitrogens with zero attached hydrogens (tertiary/aromatic N) is 3. The summed E-state index contributed by atoms with van der Waals surface area (Å²) in [6, 6.07) is 4.91. The van der Waals surface area contributed by atoms with E-state index < -0.39 is 16.9 Å². The monoisotopic (exact) mass is 436 g/mol. The molecule has 0 radical (unpaired) electrons. The zero-order valence-electron chi connectivity index (χ0n) is 17.9. The molecule has 1 aliphatic heterocycles. The number of hydrogen-bond acceptors (Lipinski definition) is 6. The molecule has 0 bridgehead atoms. The number of β-lactam (4-membered cyclic amide) rings is 1. The first-order valence-electron chi connectivity index (χ1n) is 10.2. The summed E-state index contributed by atoms with van der Waals surface area (Å²) in [7, 11) is 0. The second-order valence-corrected chi connectivity index (χ2v) is 7.82. The normalized spacial score (nSPS) is 18.0. The van der Waals surface area contributed by atoms with Crippen molar-refractivity contribution in [3.8, 4) is 0 Å². The minimum Gasteiger partial charge on any atom is -0.459 e. The molecule has 0 N–H and O–H groups in total. The molecule has 30 heavy (non-hydrogen) atoms. The van der Waals surface area contributed by atoms with E-state index in [-0.39, 0.29) is 24.4 Å². The third-order valence-electron chi connectivity index (χ3n) is 6.09. The maximum atomic E-state index is 13.0. The molecule has 164 valence electrons. The molecule has 0 aromatic heterocycles. The van der Waals surface area contributed by atoms with Crippen molar-refractivity contribution < 1.29 is 23.7 Å². The van der Waals surface area contributed by atoms with Crippen LogP contribution < -0.4 is 0 Å². The van der Waals surface area contributed by atoms with Crippen LogP contribution in [0.15, 0.2) is 35.2 Å². The van der Waals surface area contributed by atoms with Gasteiger partial charge in [-0.25, -0.2) is 4.79 Å². The second-order valence-electron chi connectivity index (χ2n) is 7.30. The lowest BCUT2D eigenvalue weighted by atomic mass is 10.00. The van der Waals surface area contributed by atoms with E-state index in [2.05, 4.69) is 33.4 Å². The van der Waals surface area contributed by atoms with Crippen molar-refractivity contribution in [1.82, 2.24) is 4.90 Å². The van der Waals surface area contributed by atoms with Gasteiger partial charge >= 0.3 is 5.97 Å². The molecular formula is C21H30N3O5S+. The lowest BCUT2D eigenvalue weighted by Crippen LogP contribution is -2.73. The van der Waals surface area contributed by atoms with Gasteiger partial charge in [0.1, 0.15) is 6.61 Å². The standard InChI is InChI=1S/C21H29N3O5S/c1-5-17(30)20(22-18(13-19(22)25)24(6-2,7-3)8-4)21(26)29-14-15-9-11-16(12-10-15)23(27)28/h5,9-12,18,20H,6-8,13-14H2,1-4H3/p+1. The first kappa shape index (κ1) is 23.9. The van der Waals surface area contributed by atoms with E-state index in [1.807, 2.05) is 0 Å². The molecule has 8 nitrogen and oxygen atoms in total. The number of nitro benzene ring substituents is 1. The Kier molecular flexibility index (Phi) is 8.03. The van der Waals surface area contributed by atoms with Crippen molar-refractivity contribution in [3.05, 3.63) is 50.9 Å². The van der Waals surface area contributed by atoms with Gasteiger partial charge in [-0.2, -0.15) is 0 Å². The topological polar surface area (TPSA) is 89.8 Å². The van der Waals surface area contributed by atoms with Crippen LogP contribution in [0.2, 0.25) is 0 Å². The van der Waals surface area contributed by atoms with E-state index in [1.54, 1.807) is 30.0 Å². The summed E-state index contributed by atoms with van der Waals surface area (Å²) in [6.07, 6.45) is 1.99. The van der Waals surface area contributed by atoms with Gasteiger partial charge in [0.15, 0.2) is 12.2 Å². The largest absolute Gasteiger partial charge is 0.459 e. The molecule has 0 aliphatic carbocycles. The number of likely N-dealkylation sites (tertiary alicyclic amines) is 1. The molecule has 1 heterocycles. The van der Waals surface area contributed by atoms with Crippen LogP contribution in [0.25, 0.3) is 0 Å². The van der Waals surface area contributed by atoms with Crippen LogP contribution in [0.3, 0.4) is 0 Å². The van der Waals surface area contributed by atoms with Gasteiger partial charge in [0.25, 0.3) is 5.69 Å². The first-order chi connectivity index (χ1) is 14.2. The van der Waals surface area contributed by atoms with Gasteiger partial charge in [0, 0.05) is 17.0 Å². The Morgan fingerprint density at radius 1 is 1.30 bits per heavy atom. The number of hydrogen-bond donors (Lipinski definition) is 1. The summed E-state index contributed by atoms with van der Waals surface area (Å²) in [6.45, 7) is 10.5. The third-order valence-corrected chi connectivity index (χ3v) is 6.60. The van der Waals surface area contributed by atoms with Crippen molar-refractivity contribution in [1.29, 1.82) is 0 Å². The Labute approximate surface area is 182 Å². The number of nitro groups is 1. The lowest BCUT2D eigenvalue weighted by Gasteiger charge is -2.54. The minimum absolute atomic E-state index is 0.0312. The molecule has 9 heteroatoms. The van der Waals surface area contributed by atoms with E-state index in [4.69, 9.17) is 4.74 Å². The summed E-state index contributed by atoms with van der Waals surface area (Å²) >= 11 is 4.46. The van der Waals surface area contributed by atoms with Crippen LogP contribution in [0.1, 0.15) is 39.7 Å². The van der Waals surface area contributed by atoms with Crippen LogP contribution in [-0.2, 0) is 20.9 Å². The van der Waals surface area contributed by atoms with Gasteiger partial charge < -0.3 is 9.22 Å². The number of quaternary nitrogens is 1. The summed E-state index contributed by atoms with van der Waals surface area (Å²) < 4.78 is 6.19. The molecule has 1 saturated heterocycles. The Hall–Kier alpha value is -2.39. The number of non-ortho nitro benzene ring substituents is 1. The van der Waals surface area contributed by atoms with E-state index in [0.29, 0.717) is 21.4 Å². The highest BCUT2D eigenvalue weighted by Gasteiger charge is 2.54. The van der Waals surface area contributed by atoms with E-state index in [1.165, 1.54) is 12.1 Å². The predicted octanol–water partition coefficient (Wildman–Crippen LogP) is 3.28. The molecule has 2 unspecified atom stereocenters. The quantitative estimate of drug-likeness (QED) is 0.152. The predicted molar refractivity (Wildman–Crippen MR) is 117 cm³/mol. The van der Waals surface area contributed by atoms with Crippen LogP contribution in [0.4, 0.5) is 5.69 Å². The fourth-order valence-electron chi connectivity index (χ4n) is 3.97. The highest BCUT2D eigenvalue weighted by molar-refractivity contribution is 7.84. The highest BCUT2D eigenvalue weighted by atomic mass is 32.1. The van der Waals surface area contributed by atoms with Crippen molar-refractivity contribution in [2.45, 2.75) is 52.9 Å². The fraction of sp³-hybridized carbons (Fsp3) is 0.524. The second kappa shape index (κ2) is 10.1. The van der Waals surface area contributed by atoms with Gasteiger partial charge in [-0.15, -0.1) is 12.6 Å². The molecule has 0 spiro atoms. The number of carbonyl (C=O) groups is 2. The van der Waals surface area contributed by atoms with E-state index in [9.17, 15) is 19.7 Å². The summed E-state index contributed by atoms with van der Waals surface area (Å²) in [5, 5.41) is 10.8. The van der Waals surface area contributed by atoms with Crippen molar-refractivity contribution >= 4 is 30.2 Å². The summed E-state index contributed by atoms with van der Waals surface area (Å²) in [5.74, 6) is -0.653. The molecule has 2 atom stereocenters. The van der Waals surface area contributed by atoms with Gasteiger partial charge in [0.2, 0.25) is 5.91 Å². The zero-order valence-corrected chi connectivity index (χ0v) is 18.8. The molecule has 1 amide bonds. The maximum Gasteiger partial charge on any atom is 0.334 e. The first-order valence-corrected chi connectivity index (χ1v) is 10.6. The number of allylic oxidation sites excluding steroid dienone is 1. The van der Waals surface area contributed by atoms with Crippen LogP contribution in [0.5, 0.6) is 0 Å². The molecular weight excluding hydrogens is 406 g/mol. The van der Waals surface area contributed by atoms with Crippen LogP contribution >= 0.6 is 12.6 Å². The highest BCUT2D eigenvalue weighted by Crippen LogP contribution is 2.34. The molecule has 2 rings (SSSR count). The van der Waals surface area contributed by atoms with Crippen LogP contribution in [0, 0.1) is 10.1 Å². The number of esters is 1. The summed E-state index contributed by atoms with van der Waals surface area (Å²) in [4.78, 5) is 37.9. The molecule has 1 fully saturated rings. The van der Waals surface area contributed by atoms with Crippen molar-refractivity contribution in [3.63, 3.8) is 0 Å². The summed E-state index contributed by atoms with van der Waals surface area (Å²) in [5.41, 5.74) is 0.595. The Morgan fingerprint density at radius 2 is 1.87 bits per heavy atom. The zero-order chi connectivity index (χ0) is 22.5.